The standard InChI is InChI=1S/C19H28FN3O3.HI/c1-21-19(22-12-14-4-5-18(24)17(20)11-14)23-8-6-15(7-9-23)26-13-16-3-2-10-25-16;/h4-5,11,15-16,24H,2-3,6-10,12-13H2,1H3,(H,21,22);1H. The second-order valence-corrected chi connectivity index (χ2v) is 6.84. The molecule has 1 atom stereocenters. The normalized spacial score (nSPS) is 21.2. The molecule has 0 spiro atoms. The zero-order valence-electron chi connectivity index (χ0n) is 15.7. The van der Waals surface area contributed by atoms with Gasteiger partial charge in [0.15, 0.2) is 17.5 Å². The van der Waals surface area contributed by atoms with Crippen molar-refractivity contribution in [2.75, 3.05) is 33.4 Å². The number of likely N-dealkylation sites (tertiary alicyclic amines) is 1. The molecule has 2 aliphatic heterocycles. The van der Waals surface area contributed by atoms with Crippen LogP contribution >= 0.6 is 24.0 Å². The predicted octanol–water partition coefficient (Wildman–Crippen LogP) is 2.88. The highest BCUT2D eigenvalue weighted by Crippen LogP contribution is 2.18. The minimum Gasteiger partial charge on any atom is -0.505 e. The third kappa shape index (κ3) is 6.46. The summed E-state index contributed by atoms with van der Waals surface area (Å²) in [6, 6.07) is 4.40. The fourth-order valence-electron chi connectivity index (χ4n) is 3.43. The second kappa shape index (κ2) is 11.0. The van der Waals surface area contributed by atoms with Gasteiger partial charge >= 0.3 is 0 Å². The van der Waals surface area contributed by atoms with Crippen molar-refractivity contribution < 1.29 is 19.0 Å². The molecule has 3 rings (SSSR count). The fraction of sp³-hybridized carbons (Fsp3) is 0.632. The summed E-state index contributed by atoms with van der Waals surface area (Å²) in [6.07, 6.45) is 4.71. The SMILES string of the molecule is CN=C(NCc1ccc(O)c(F)c1)N1CCC(OCC2CCCO2)CC1.I. The van der Waals surface area contributed by atoms with E-state index in [9.17, 15) is 9.50 Å². The van der Waals surface area contributed by atoms with Crippen molar-refractivity contribution >= 4 is 29.9 Å². The van der Waals surface area contributed by atoms with Gasteiger partial charge in [0.1, 0.15) is 0 Å². The van der Waals surface area contributed by atoms with E-state index in [1.165, 1.54) is 12.1 Å². The predicted molar refractivity (Wildman–Crippen MR) is 113 cm³/mol. The second-order valence-electron chi connectivity index (χ2n) is 6.84. The molecular formula is C19H29FIN3O3. The van der Waals surface area contributed by atoms with Gasteiger partial charge in [-0.2, -0.15) is 0 Å². The van der Waals surface area contributed by atoms with Gasteiger partial charge in [-0.3, -0.25) is 4.99 Å². The third-order valence-electron chi connectivity index (χ3n) is 4.96. The minimum atomic E-state index is -0.608. The number of guanidine groups is 1. The Bertz CT molecular complexity index is 618. The molecule has 152 valence electrons. The summed E-state index contributed by atoms with van der Waals surface area (Å²) in [5.74, 6) is -0.136. The molecule has 0 saturated carbocycles. The molecule has 1 unspecified atom stereocenters. The van der Waals surface area contributed by atoms with Gasteiger partial charge in [0, 0.05) is 33.3 Å². The Morgan fingerprint density at radius 1 is 1.37 bits per heavy atom. The molecule has 0 radical (unpaired) electrons. The topological polar surface area (TPSA) is 66.3 Å². The molecule has 2 N–H and O–H groups in total. The Hall–Kier alpha value is -1.13. The van der Waals surface area contributed by atoms with Crippen molar-refractivity contribution in [3.8, 4) is 5.75 Å². The molecule has 2 heterocycles. The summed E-state index contributed by atoms with van der Waals surface area (Å²) in [5, 5.41) is 12.5. The van der Waals surface area contributed by atoms with Crippen LogP contribution in [0.3, 0.4) is 0 Å². The van der Waals surface area contributed by atoms with E-state index in [4.69, 9.17) is 9.47 Å². The number of hydrogen-bond donors (Lipinski definition) is 2. The molecule has 0 aliphatic carbocycles. The summed E-state index contributed by atoms with van der Waals surface area (Å²) >= 11 is 0. The monoisotopic (exact) mass is 493 g/mol. The highest BCUT2D eigenvalue weighted by molar-refractivity contribution is 14.0. The number of hydrogen-bond acceptors (Lipinski definition) is 4. The number of aliphatic imine (C=N–C) groups is 1. The first kappa shape index (κ1) is 22.2. The number of nitrogens with one attached hydrogen (secondary N) is 1. The van der Waals surface area contributed by atoms with Crippen LogP contribution in [0.25, 0.3) is 0 Å². The lowest BCUT2D eigenvalue weighted by atomic mass is 10.1. The van der Waals surface area contributed by atoms with E-state index in [-0.39, 0.29) is 41.9 Å². The number of benzene rings is 1. The first-order valence-electron chi connectivity index (χ1n) is 9.32. The van der Waals surface area contributed by atoms with Crippen molar-refractivity contribution in [2.24, 2.45) is 4.99 Å². The molecule has 2 aliphatic rings. The number of phenolic OH excluding ortho intramolecular Hbond substituents is 1. The largest absolute Gasteiger partial charge is 0.505 e. The van der Waals surface area contributed by atoms with E-state index >= 15 is 0 Å². The van der Waals surface area contributed by atoms with Crippen molar-refractivity contribution in [2.45, 2.75) is 44.4 Å². The average Bonchev–Trinajstić information content (AvgIpc) is 3.18. The number of phenols is 1. The molecule has 8 heteroatoms. The Labute approximate surface area is 177 Å². The van der Waals surface area contributed by atoms with Crippen LogP contribution in [0, 0.1) is 5.82 Å². The highest BCUT2D eigenvalue weighted by atomic mass is 127. The van der Waals surface area contributed by atoms with Crippen molar-refractivity contribution in [3.63, 3.8) is 0 Å². The zero-order chi connectivity index (χ0) is 18.4. The first-order valence-corrected chi connectivity index (χ1v) is 9.32. The third-order valence-corrected chi connectivity index (χ3v) is 4.96. The first-order chi connectivity index (χ1) is 12.7. The maximum Gasteiger partial charge on any atom is 0.193 e. The van der Waals surface area contributed by atoms with Crippen LogP contribution in [0.2, 0.25) is 0 Å². The Balaban J connectivity index is 0.00000261. The van der Waals surface area contributed by atoms with Crippen LogP contribution in [-0.2, 0) is 16.0 Å². The van der Waals surface area contributed by atoms with E-state index in [1.54, 1.807) is 13.1 Å². The number of halogens is 2. The van der Waals surface area contributed by atoms with Gasteiger partial charge in [0.05, 0.1) is 18.8 Å². The van der Waals surface area contributed by atoms with Gasteiger partial charge in [-0.15, -0.1) is 24.0 Å². The molecule has 6 nitrogen and oxygen atoms in total. The maximum absolute atomic E-state index is 13.4. The molecule has 1 aromatic rings. The molecular weight excluding hydrogens is 464 g/mol. The molecule has 27 heavy (non-hydrogen) atoms. The summed E-state index contributed by atoms with van der Waals surface area (Å²) in [5.41, 5.74) is 0.760. The minimum absolute atomic E-state index is 0. The molecule has 0 aromatic heterocycles. The summed E-state index contributed by atoms with van der Waals surface area (Å²) in [6.45, 7) is 3.77. The number of piperidine rings is 1. The quantitative estimate of drug-likeness (QED) is 0.375. The van der Waals surface area contributed by atoms with E-state index < -0.39 is 5.82 Å². The van der Waals surface area contributed by atoms with E-state index in [0.717, 1.165) is 56.9 Å². The Morgan fingerprint density at radius 2 is 2.15 bits per heavy atom. The van der Waals surface area contributed by atoms with Gasteiger partial charge in [0.2, 0.25) is 0 Å². The highest BCUT2D eigenvalue weighted by Gasteiger charge is 2.24. The van der Waals surface area contributed by atoms with Crippen LogP contribution in [0.1, 0.15) is 31.2 Å². The zero-order valence-corrected chi connectivity index (χ0v) is 18.0. The summed E-state index contributed by atoms with van der Waals surface area (Å²) < 4.78 is 25.0. The van der Waals surface area contributed by atoms with E-state index in [0.29, 0.717) is 13.2 Å². The summed E-state index contributed by atoms with van der Waals surface area (Å²) in [7, 11) is 1.75. The fourth-order valence-corrected chi connectivity index (χ4v) is 3.43. The molecule has 2 fully saturated rings. The smallest absolute Gasteiger partial charge is 0.193 e. The van der Waals surface area contributed by atoms with Crippen molar-refractivity contribution in [1.29, 1.82) is 0 Å². The lowest BCUT2D eigenvalue weighted by molar-refractivity contribution is -0.0367. The summed E-state index contributed by atoms with van der Waals surface area (Å²) in [4.78, 5) is 6.53. The van der Waals surface area contributed by atoms with Crippen molar-refractivity contribution in [1.82, 2.24) is 10.2 Å². The van der Waals surface area contributed by atoms with Crippen LogP contribution in [0.15, 0.2) is 23.2 Å². The maximum atomic E-state index is 13.4. The van der Waals surface area contributed by atoms with Crippen LogP contribution in [0.5, 0.6) is 5.75 Å². The lowest BCUT2D eigenvalue weighted by Crippen LogP contribution is -2.47. The van der Waals surface area contributed by atoms with E-state index in [1.807, 2.05) is 0 Å². The Kier molecular flexibility index (Phi) is 9.04. The molecule has 0 bridgehead atoms. The van der Waals surface area contributed by atoms with Crippen LogP contribution in [-0.4, -0.2) is 61.5 Å². The average molecular weight is 493 g/mol. The number of aromatic hydroxyl groups is 1. The van der Waals surface area contributed by atoms with E-state index in [2.05, 4.69) is 15.2 Å². The van der Waals surface area contributed by atoms with Gasteiger partial charge in [0.25, 0.3) is 0 Å². The van der Waals surface area contributed by atoms with Gasteiger partial charge in [-0.05, 0) is 43.4 Å². The number of rotatable bonds is 5. The molecule has 1 aromatic carbocycles. The lowest BCUT2D eigenvalue weighted by Gasteiger charge is -2.34. The molecule has 0 amide bonds. The van der Waals surface area contributed by atoms with Crippen LogP contribution < -0.4 is 5.32 Å². The van der Waals surface area contributed by atoms with Gasteiger partial charge in [-0.25, -0.2) is 4.39 Å². The van der Waals surface area contributed by atoms with Crippen molar-refractivity contribution in [3.05, 3.63) is 29.6 Å². The van der Waals surface area contributed by atoms with Gasteiger partial charge in [-0.1, -0.05) is 6.07 Å². The number of ether oxygens (including phenoxy) is 2. The van der Waals surface area contributed by atoms with Gasteiger partial charge < -0.3 is 24.8 Å². The molecule has 2 saturated heterocycles. The number of nitrogens with zero attached hydrogens (tertiary/aromatic N) is 2. The Morgan fingerprint density at radius 3 is 2.78 bits per heavy atom. The van der Waals surface area contributed by atoms with Crippen LogP contribution in [0.4, 0.5) is 4.39 Å².